The van der Waals surface area contributed by atoms with E-state index in [1.807, 2.05) is 0 Å². The molecule has 3 aliphatic rings. The number of rotatable bonds is 2. The summed E-state index contributed by atoms with van der Waals surface area (Å²) in [6, 6.07) is 0.380. The molecular weight excluding hydrogens is 170 g/mol. The number of carbonyl (C=O) groups is 1. The highest BCUT2D eigenvalue weighted by molar-refractivity contribution is 5.82. The molecule has 0 spiro atoms. The largest absolute Gasteiger partial charge is 0.381 e. The van der Waals surface area contributed by atoms with E-state index in [9.17, 15) is 4.79 Å². The minimum Gasteiger partial charge on any atom is -0.381 e. The molecule has 72 valence electrons. The summed E-state index contributed by atoms with van der Waals surface area (Å²) < 4.78 is 10.3. The Kier molecular flexibility index (Phi) is 1.60. The van der Waals surface area contributed by atoms with Crippen LogP contribution in [0.1, 0.15) is 6.42 Å². The maximum atomic E-state index is 11.4. The molecule has 1 saturated carbocycles. The smallest absolute Gasteiger partial charge is 0.249 e. The zero-order valence-electron chi connectivity index (χ0n) is 7.36. The molecule has 1 N–H and O–H groups in total. The Morgan fingerprint density at radius 1 is 1.31 bits per heavy atom. The van der Waals surface area contributed by atoms with Gasteiger partial charge in [0, 0.05) is 24.3 Å². The SMILES string of the molecule is O=C(NC1[C@H]2COC[C@H]12)C1CCO1. The second-order valence-electron chi connectivity index (χ2n) is 4.05. The van der Waals surface area contributed by atoms with E-state index in [0.29, 0.717) is 17.9 Å². The van der Waals surface area contributed by atoms with Crippen molar-refractivity contribution in [3.05, 3.63) is 0 Å². The molecule has 0 aromatic heterocycles. The predicted octanol–water partition coefficient (Wildman–Crippen LogP) is -0.464. The van der Waals surface area contributed by atoms with E-state index in [1.54, 1.807) is 0 Å². The Labute approximate surface area is 76.6 Å². The Morgan fingerprint density at radius 3 is 2.54 bits per heavy atom. The molecule has 3 rings (SSSR count). The Bertz CT molecular complexity index is 229. The second kappa shape index (κ2) is 2.69. The molecule has 3 atom stereocenters. The van der Waals surface area contributed by atoms with Gasteiger partial charge in [0.2, 0.25) is 5.91 Å². The monoisotopic (exact) mass is 183 g/mol. The van der Waals surface area contributed by atoms with Crippen LogP contribution in [0.5, 0.6) is 0 Å². The van der Waals surface area contributed by atoms with Gasteiger partial charge in [0.25, 0.3) is 0 Å². The number of hydrogen-bond donors (Lipinski definition) is 1. The van der Waals surface area contributed by atoms with Gasteiger partial charge in [0.1, 0.15) is 6.10 Å². The van der Waals surface area contributed by atoms with Crippen molar-refractivity contribution in [2.45, 2.75) is 18.6 Å². The van der Waals surface area contributed by atoms with E-state index in [0.717, 1.165) is 26.2 Å². The molecule has 1 amide bonds. The van der Waals surface area contributed by atoms with Crippen molar-refractivity contribution in [3.8, 4) is 0 Å². The van der Waals surface area contributed by atoms with Gasteiger partial charge in [-0.2, -0.15) is 0 Å². The number of nitrogens with one attached hydrogen (secondary N) is 1. The number of hydrogen-bond acceptors (Lipinski definition) is 3. The Hall–Kier alpha value is -0.610. The molecule has 0 bridgehead atoms. The molecule has 1 aliphatic carbocycles. The molecule has 0 aromatic carbocycles. The lowest BCUT2D eigenvalue weighted by Gasteiger charge is -2.25. The molecule has 2 heterocycles. The van der Waals surface area contributed by atoms with Crippen LogP contribution < -0.4 is 5.32 Å². The van der Waals surface area contributed by atoms with Crippen LogP contribution in [0.15, 0.2) is 0 Å². The average molecular weight is 183 g/mol. The van der Waals surface area contributed by atoms with Gasteiger partial charge in [-0.15, -0.1) is 0 Å². The van der Waals surface area contributed by atoms with Gasteiger partial charge in [-0.25, -0.2) is 0 Å². The van der Waals surface area contributed by atoms with Crippen LogP contribution in [0.3, 0.4) is 0 Å². The molecule has 1 unspecified atom stereocenters. The fourth-order valence-electron chi connectivity index (χ4n) is 2.15. The first-order valence-corrected chi connectivity index (χ1v) is 4.86. The van der Waals surface area contributed by atoms with Crippen LogP contribution in [0.4, 0.5) is 0 Å². The van der Waals surface area contributed by atoms with E-state index in [-0.39, 0.29) is 12.0 Å². The third-order valence-corrected chi connectivity index (χ3v) is 3.25. The van der Waals surface area contributed by atoms with Crippen molar-refractivity contribution >= 4 is 5.91 Å². The lowest BCUT2D eigenvalue weighted by Crippen LogP contribution is -2.44. The second-order valence-corrected chi connectivity index (χ2v) is 4.05. The zero-order chi connectivity index (χ0) is 8.84. The molecule has 4 heteroatoms. The van der Waals surface area contributed by atoms with Crippen LogP contribution >= 0.6 is 0 Å². The highest BCUT2D eigenvalue weighted by Crippen LogP contribution is 2.44. The van der Waals surface area contributed by atoms with Crippen LogP contribution in [-0.4, -0.2) is 37.9 Å². The first-order valence-electron chi connectivity index (χ1n) is 4.86. The van der Waals surface area contributed by atoms with Crippen LogP contribution in [-0.2, 0) is 14.3 Å². The maximum absolute atomic E-state index is 11.4. The molecule has 4 nitrogen and oxygen atoms in total. The average Bonchev–Trinajstić information content (AvgIpc) is 2.50. The van der Waals surface area contributed by atoms with Crippen molar-refractivity contribution in [2.24, 2.45) is 11.8 Å². The highest BCUT2D eigenvalue weighted by atomic mass is 16.5. The van der Waals surface area contributed by atoms with Gasteiger partial charge in [0.05, 0.1) is 19.8 Å². The summed E-state index contributed by atoms with van der Waals surface area (Å²) in [5, 5.41) is 3.01. The fourth-order valence-corrected chi connectivity index (χ4v) is 2.15. The molecule has 2 aliphatic heterocycles. The maximum Gasteiger partial charge on any atom is 0.249 e. The first kappa shape index (κ1) is 7.76. The first-order chi connectivity index (χ1) is 6.36. The van der Waals surface area contributed by atoms with E-state index in [4.69, 9.17) is 9.47 Å². The minimum absolute atomic E-state index is 0.0747. The standard InChI is InChI=1S/C9H13NO3/c11-9(7-1-2-13-7)10-8-5-3-12-4-6(5)8/h5-8H,1-4H2,(H,10,11)/t5-,6-,7?/m0/s1. The summed E-state index contributed by atoms with van der Waals surface area (Å²) in [7, 11) is 0. The van der Waals surface area contributed by atoms with Gasteiger partial charge >= 0.3 is 0 Å². The summed E-state index contributed by atoms with van der Waals surface area (Å²) >= 11 is 0. The lowest BCUT2D eigenvalue weighted by molar-refractivity contribution is -0.145. The van der Waals surface area contributed by atoms with E-state index >= 15 is 0 Å². The summed E-state index contributed by atoms with van der Waals surface area (Å²) in [6.45, 7) is 2.38. The minimum atomic E-state index is -0.165. The molecular formula is C9H13NO3. The summed E-state index contributed by atoms with van der Waals surface area (Å²) in [4.78, 5) is 11.4. The highest BCUT2D eigenvalue weighted by Gasteiger charge is 2.55. The van der Waals surface area contributed by atoms with Gasteiger partial charge < -0.3 is 14.8 Å². The van der Waals surface area contributed by atoms with Crippen molar-refractivity contribution in [2.75, 3.05) is 19.8 Å². The zero-order valence-corrected chi connectivity index (χ0v) is 7.36. The van der Waals surface area contributed by atoms with Crippen molar-refractivity contribution in [1.29, 1.82) is 0 Å². The Balaban J connectivity index is 1.50. The third-order valence-electron chi connectivity index (χ3n) is 3.25. The van der Waals surface area contributed by atoms with Gasteiger partial charge in [-0.1, -0.05) is 0 Å². The van der Waals surface area contributed by atoms with Crippen LogP contribution in [0.2, 0.25) is 0 Å². The number of carbonyl (C=O) groups excluding carboxylic acids is 1. The van der Waals surface area contributed by atoms with E-state index in [1.165, 1.54) is 0 Å². The summed E-state index contributed by atoms with van der Waals surface area (Å²) in [6.07, 6.45) is 0.715. The number of fused-ring (bicyclic) bond motifs is 1. The van der Waals surface area contributed by atoms with Gasteiger partial charge in [0.15, 0.2) is 0 Å². The van der Waals surface area contributed by atoms with Crippen molar-refractivity contribution in [1.82, 2.24) is 5.32 Å². The van der Waals surface area contributed by atoms with E-state index in [2.05, 4.69) is 5.32 Å². The predicted molar refractivity (Wildman–Crippen MR) is 44.1 cm³/mol. The third kappa shape index (κ3) is 1.16. The molecule has 0 aromatic rings. The fraction of sp³-hybridized carbons (Fsp3) is 0.889. The van der Waals surface area contributed by atoms with Crippen LogP contribution in [0.25, 0.3) is 0 Å². The Morgan fingerprint density at radius 2 is 2.00 bits per heavy atom. The van der Waals surface area contributed by atoms with Crippen molar-refractivity contribution in [3.63, 3.8) is 0 Å². The molecule has 0 radical (unpaired) electrons. The number of amides is 1. The van der Waals surface area contributed by atoms with Crippen molar-refractivity contribution < 1.29 is 14.3 Å². The molecule has 13 heavy (non-hydrogen) atoms. The van der Waals surface area contributed by atoms with Crippen LogP contribution in [0, 0.1) is 11.8 Å². The number of ether oxygens (including phenoxy) is 2. The normalized spacial score (nSPS) is 46.5. The van der Waals surface area contributed by atoms with E-state index < -0.39 is 0 Å². The van der Waals surface area contributed by atoms with Gasteiger partial charge in [-0.05, 0) is 0 Å². The quantitative estimate of drug-likeness (QED) is 0.630. The molecule has 2 saturated heterocycles. The molecule has 3 fully saturated rings. The summed E-state index contributed by atoms with van der Waals surface area (Å²) in [5.41, 5.74) is 0. The topological polar surface area (TPSA) is 47.6 Å². The summed E-state index contributed by atoms with van der Waals surface area (Å²) in [5.74, 6) is 1.25. The van der Waals surface area contributed by atoms with Gasteiger partial charge in [-0.3, -0.25) is 4.79 Å². The lowest BCUT2D eigenvalue weighted by atomic mass is 10.2.